The number of carbonyl (C=O) groups excluding carboxylic acids is 1. The number of fused-ring (bicyclic) bond motifs is 1. The molecule has 0 atom stereocenters. The van der Waals surface area contributed by atoms with Crippen LogP contribution < -0.4 is 4.90 Å². The van der Waals surface area contributed by atoms with Crippen LogP contribution in [0.25, 0.3) is 0 Å². The van der Waals surface area contributed by atoms with Gasteiger partial charge in [0, 0.05) is 22.6 Å². The van der Waals surface area contributed by atoms with Crippen LogP contribution in [0.2, 0.25) is 0 Å². The van der Waals surface area contributed by atoms with E-state index < -0.39 is 4.92 Å². The summed E-state index contributed by atoms with van der Waals surface area (Å²) in [6.45, 7) is 0.467. The van der Waals surface area contributed by atoms with E-state index in [9.17, 15) is 14.9 Å². The third-order valence-corrected chi connectivity index (χ3v) is 4.03. The van der Waals surface area contributed by atoms with Crippen LogP contribution in [-0.2, 0) is 6.42 Å². The Morgan fingerprint density at radius 2 is 1.90 bits per heavy atom. The summed E-state index contributed by atoms with van der Waals surface area (Å²) < 4.78 is 0.881. The number of hydrogen-bond acceptors (Lipinski definition) is 3. The average molecular weight is 347 g/mol. The van der Waals surface area contributed by atoms with Crippen molar-refractivity contribution in [2.24, 2.45) is 0 Å². The van der Waals surface area contributed by atoms with E-state index in [1.165, 1.54) is 11.0 Å². The van der Waals surface area contributed by atoms with Gasteiger partial charge < -0.3 is 4.90 Å². The molecule has 1 heterocycles. The van der Waals surface area contributed by atoms with Crippen LogP contribution in [0.5, 0.6) is 0 Å². The fraction of sp³-hybridized carbons (Fsp3) is 0.133. The molecule has 0 aromatic heterocycles. The van der Waals surface area contributed by atoms with Crippen LogP contribution in [-0.4, -0.2) is 17.4 Å². The van der Waals surface area contributed by atoms with Gasteiger partial charge in [-0.25, -0.2) is 0 Å². The number of carbonyl (C=O) groups is 1. The zero-order chi connectivity index (χ0) is 15.0. The van der Waals surface area contributed by atoms with Gasteiger partial charge in [-0.3, -0.25) is 14.9 Å². The Hall–Kier alpha value is -2.21. The summed E-state index contributed by atoms with van der Waals surface area (Å²) in [4.78, 5) is 24.8. The second-order valence-electron chi connectivity index (χ2n) is 4.76. The minimum absolute atomic E-state index is 0.0181. The molecular weight excluding hydrogens is 336 g/mol. The van der Waals surface area contributed by atoms with E-state index >= 15 is 0 Å². The Morgan fingerprint density at radius 3 is 2.57 bits per heavy atom. The van der Waals surface area contributed by atoms with Gasteiger partial charge >= 0.3 is 0 Å². The van der Waals surface area contributed by atoms with Gasteiger partial charge in [0.25, 0.3) is 11.6 Å². The number of hydrogen-bond donors (Lipinski definition) is 0. The lowest BCUT2D eigenvalue weighted by Gasteiger charge is -2.17. The molecule has 0 N–H and O–H groups in total. The zero-order valence-electron chi connectivity index (χ0n) is 11.0. The van der Waals surface area contributed by atoms with E-state index in [0.29, 0.717) is 24.2 Å². The molecule has 3 rings (SSSR count). The molecular formula is C15H11BrN2O3. The maximum atomic E-state index is 12.6. The van der Waals surface area contributed by atoms with Crippen LogP contribution in [0.4, 0.5) is 11.4 Å². The first-order valence-electron chi connectivity index (χ1n) is 6.41. The molecule has 0 bridgehead atoms. The van der Waals surface area contributed by atoms with E-state index in [1.807, 2.05) is 6.07 Å². The molecule has 1 aliphatic heterocycles. The molecule has 0 unspecified atom stereocenters. The lowest BCUT2D eigenvalue weighted by molar-refractivity contribution is -0.384. The number of nitrogens with zero attached hydrogens (tertiary/aromatic N) is 2. The Bertz CT molecular complexity index is 728. The number of anilines is 1. The fourth-order valence-corrected chi connectivity index (χ4v) is 2.80. The van der Waals surface area contributed by atoms with E-state index in [-0.39, 0.29) is 11.6 Å². The Morgan fingerprint density at radius 1 is 1.19 bits per heavy atom. The molecule has 1 aliphatic rings. The first kappa shape index (κ1) is 13.8. The summed E-state index contributed by atoms with van der Waals surface area (Å²) in [6, 6.07) is 11.9. The lowest BCUT2D eigenvalue weighted by atomic mass is 10.1. The number of nitro groups is 1. The summed E-state index contributed by atoms with van der Waals surface area (Å²) >= 11 is 3.32. The first-order valence-corrected chi connectivity index (χ1v) is 7.21. The van der Waals surface area contributed by atoms with Gasteiger partial charge in [-0.1, -0.05) is 28.1 Å². The number of rotatable bonds is 2. The van der Waals surface area contributed by atoms with E-state index in [2.05, 4.69) is 15.9 Å². The number of amides is 1. The van der Waals surface area contributed by atoms with Gasteiger partial charge in [-0.2, -0.15) is 0 Å². The number of para-hydroxylation sites is 1. The summed E-state index contributed by atoms with van der Waals surface area (Å²) in [7, 11) is 0. The highest BCUT2D eigenvalue weighted by Crippen LogP contribution is 2.37. The molecule has 5 nitrogen and oxygen atoms in total. The Balaban J connectivity index is 2.02. The number of halogens is 1. The monoisotopic (exact) mass is 346 g/mol. The van der Waals surface area contributed by atoms with Crippen LogP contribution in [0, 0.1) is 10.1 Å². The Kier molecular flexibility index (Phi) is 3.47. The maximum absolute atomic E-state index is 12.6. The largest absolute Gasteiger partial charge is 0.302 e. The van der Waals surface area contributed by atoms with Crippen molar-refractivity contribution in [2.45, 2.75) is 6.42 Å². The van der Waals surface area contributed by atoms with Crippen LogP contribution in [0.3, 0.4) is 0 Å². The lowest BCUT2D eigenvalue weighted by Crippen LogP contribution is -2.29. The van der Waals surface area contributed by atoms with Crippen molar-refractivity contribution < 1.29 is 9.72 Å². The van der Waals surface area contributed by atoms with Crippen molar-refractivity contribution in [1.82, 2.24) is 0 Å². The molecule has 21 heavy (non-hydrogen) atoms. The predicted molar refractivity (Wildman–Crippen MR) is 82.6 cm³/mol. The summed E-state index contributed by atoms with van der Waals surface area (Å²) in [5, 5.41) is 11.2. The topological polar surface area (TPSA) is 63.5 Å². The summed E-state index contributed by atoms with van der Waals surface area (Å²) in [5.74, 6) is -0.212. The molecule has 0 saturated carbocycles. The third-order valence-electron chi connectivity index (χ3n) is 3.51. The second-order valence-corrected chi connectivity index (χ2v) is 5.67. The standard InChI is InChI=1S/C15H11BrN2O3/c16-12-6-4-11(5-7-12)15(19)17-9-8-10-2-1-3-13(14(10)17)18(20)21/h1-7H,8-9H2. The van der Waals surface area contributed by atoms with Crippen LogP contribution in [0.15, 0.2) is 46.9 Å². The second kappa shape index (κ2) is 5.29. The smallest absolute Gasteiger partial charge is 0.293 e. The van der Waals surface area contributed by atoms with Gasteiger partial charge in [0.1, 0.15) is 5.69 Å². The van der Waals surface area contributed by atoms with Crippen molar-refractivity contribution in [3.05, 3.63) is 68.2 Å². The van der Waals surface area contributed by atoms with Crippen molar-refractivity contribution in [3.8, 4) is 0 Å². The zero-order valence-corrected chi connectivity index (χ0v) is 12.5. The van der Waals surface area contributed by atoms with Gasteiger partial charge in [0.05, 0.1) is 4.92 Å². The minimum atomic E-state index is -0.438. The van der Waals surface area contributed by atoms with Crippen LogP contribution >= 0.6 is 15.9 Å². The minimum Gasteiger partial charge on any atom is -0.302 e. The average Bonchev–Trinajstić information content (AvgIpc) is 2.91. The molecule has 106 valence electrons. The van der Waals surface area contributed by atoms with Crippen LogP contribution in [0.1, 0.15) is 15.9 Å². The molecule has 6 heteroatoms. The van der Waals surface area contributed by atoms with Gasteiger partial charge in [-0.05, 0) is 36.2 Å². The predicted octanol–water partition coefficient (Wildman–Crippen LogP) is 3.56. The molecule has 2 aromatic rings. The highest BCUT2D eigenvalue weighted by molar-refractivity contribution is 9.10. The van der Waals surface area contributed by atoms with Crippen molar-refractivity contribution in [3.63, 3.8) is 0 Å². The number of benzene rings is 2. The molecule has 0 fully saturated rings. The maximum Gasteiger partial charge on any atom is 0.293 e. The molecule has 0 aliphatic carbocycles. The van der Waals surface area contributed by atoms with Gasteiger partial charge in [0.15, 0.2) is 0 Å². The Labute approximate surface area is 129 Å². The van der Waals surface area contributed by atoms with Crippen molar-refractivity contribution in [1.29, 1.82) is 0 Å². The molecule has 0 spiro atoms. The SMILES string of the molecule is O=C(c1ccc(Br)cc1)N1CCc2cccc([N+](=O)[O-])c21. The first-order chi connectivity index (χ1) is 10.1. The van der Waals surface area contributed by atoms with E-state index in [4.69, 9.17) is 0 Å². The normalized spacial score (nSPS) is 13.1. The molecule has 2 aromatic carbocycles. The van der Waals surface area contributed by atoms with E-state index in [1.54, 1.807) is 30.3 Å². The molecule has 0 radical (unpaired) electrons. The quantitative estimate of drug-likeness (QED) is 0.616. The molecule has 1 amide bonds. The third kappa shape index (κ3) is 2.42. The highest BCUT2D eigenvalue weighted by Gasteiger charge is 2.32. The van der Waals surface area contributed by atoms with Crippen molar-refractivity contribution >= 4 is 33.2 Å². The highest BCUT2D eigenvalue weighted by atomic mass is 79.9. The van der Waals surface area contributed by atoms with E-state index in [0.717, 1.165) is 10.0 Å². The summed E-state index contributed by atoms with van der Waals surface area (Å²) in [6.07, 6.45) is 0.638. The molecule has 0 saturated heterocycles. The fourth-order valence-electron chi connectivity index (χ4n) is 2.53. The number of nitro benzene ring substituents is 1. The van der Waals surface area contributed by atoms with Crippen molar-refractivity contribution in [2.75, 3.05) is 11.4 Å². The van der Waals surface area contributed by atoms with Gasteiger partial charge in [-0.15, -0.1) is 0 Å². The van der Waals surface area contributed by atoms with Gasteiger partial charge in [0.2, 0.25) is 0 Å². The summed E-state index contributed by atoms with van der Waals surface area (Å²) in [5.41, 5.74) is 1.77.